The standard InChI is InChI=1S/C16H20N4O/c1-13-2-7-16(19-18-13)17-12-14-3-5-15(6-4-14)20-8-10-21-11-9-20/h2-7H,8-12H2,1H3,(H,17,19). The van der Waals surface area contributed by atoms with Gasteiger partial charge >= 0.3 is 0 Å². The van der Waals surface area contributed by atoms with Gasteiger partial charge in [-0.15, -0.1) is 5.10 Å². The number of nitrogens with zero attached hydrogens (tertiary/aromatic N) is 3. The van der Waals surface area contributed by atoms with Gasteiger partial charge in [0.05, 0.1) is 18.9 Å². The number of benzene rings is 1. The maximum absolute atomic E-state index is 5.38. The van der Waals surface area contributed by atoms with Crippen LogP contribution in [0, 0.1) is 6.92 Å². The fraction of sp³-hybridized carbons (Fsp3) is 0.375. The van der Waals surface area contributed by atoms with Crippen molar-refractivity contribution in [2.24, 2.45) is 0 Å². The van der Waals surface area contributed by atoms with Crippen LogP contribution >= 0.6 is 0 Å². The molecule has 1 aliphatic rings. The van der Waals surface area contributed by atoms with E-state index in [1.54, 1.807) is 0 Å². The van der Waals surface area contributed by atoms with E-state index >= 15 is 0 Å². The predicted octanol–water partition coefficient (Wildman–Crippen LogP) is 2.23. The Balaban J connectivity index is 1.57. The van der Waals surface area contributed by atoms with E-state index in [1.165, 1.54) is 11.3 Å². The molecule has 1 saturated heterocycles. The van der Waals surface area contributed by atoms with Crippen LogP contribution in [0.15, 0.2) is 36.4 Å². The Hall–Kier alpha value is -2.14. The van der Waals surface area contributed by atoms with Gasteiger partial charge in [0.15, 0.2) is 0 Å². The van der Waals surface area contributed by atoms with Crippen LogP contribution in [-0.2, 0) is 11.3 Å². The largest absolute Gasteiger partial charge is 0.378 e. The van der Waals surface area contributed by atoms with Gasteiger partial charge in [0.2, 0.25) is 0 Å². The second-order valence-electron chi connectivity index (χ2n) is 5.18. The van der Waals surface area contributed by atoms with Crippen molar-refractivity contribution in [1.82, 2.24) is 10.2 Å². The fourth-order valence-corrected chi connectivity index (χ4v) is 2.33. The minimum Gasteiger partial charge on any atom is -0.378 e. The van der Waals surface area contributed by atoms with Crippen molar-refractivity contribution in [1.29, 1.82) is 0 Å². The Bertz CT molecular complexity index is 562. The molecule has 5 heteroatoms. The van der Waals surface area contributed by atoms with E-state index in [-0.39, 0.29) is 0 Å². The molecule has 0 bridgehead atoms. The van der Waals surface area contributed by atoms with Crippen LogP contribution in [0.1, 0.15) is 11.3 Å². The number of morpholine rings is 1. The molecule has 1 aliphatic heterocycles. The molecular formula is C16H20N4O. The highest BCUT2D eigenvalue weighted by atomic mass is 16.5. The summed E-state index contributed by atoms with van der Waals surface area (Å²) in [5.41, 5.74) is 3.42. The van der Waals surface area contributed by atoms with E-state index in [2.05, 4.69) is 44.7 Å². The Morgan fingerprint density at radius 2 is 1.81 bits per heavy atom. The van der Waals surface area contributed by atoms with Crippen LogP contribution in [0.5, 0.6) is 0 Å². The molecule has 0 unspecified atom stereocenters. The lowest BCUT2D eigenvalue weighted by Crippen LogP contribution is -2.36. The smallest absolute Gasteiger partial charge is 0.148 e. The first-order valence-corrected chi connectivity index (χ1v) is 7.27. The molecule has 1 aromatic heterocycles. The lowest BCUT2D eigenvalue weighted by molar-refractivity contribution is 0.122. The Kier molecular flexibility index (Phi) is 4.31. The summed E-state index contributed by atoms with van der Waals surface area (Å²) < 4.78 is 5.38. The van der Waals surface area contributed by atoms with E-state index in [9.17, 15) is 0 Å². The van der Waals surface area contributed by atoms with Crippen LogP contribution < -0.4 is 10.2 Å². The maximum atomic E-state index is 5.38. The first kappa shape index (κ1) is 13.8. The second-order valence-corrected chi connectivity index (χ2v) is 5.18. The van der Waals surface area contributed by atoms with Crippen LogP contribution in [-0.4, -0.2) is 36.5 Å². The Morgan fingerprint density at radius 1 is 1.05 bits per heavy atom. The van der Waals surface area contributed by atoms with Crippen molar-refractivity contribution in [3.05, 3.63) is 47.7 Å². The number of nitrogens with one attached hydrogen (secondary N) is 1. The lowest BCUT2D eigenvalue weighted by Gasteiger charge is -2.28. The highest BCUT2D eigenvalue weighted by molar-refractivity contribution is 5.48. The maximum Gasteiger partial charge on any atom is 0.148 e. The predicted molar refractivity (Wildman–Crippen MR) is 83.6 cm³/mol. The zero-order valence-corrected chi connectivity index (χ0v) is 12.2. The lowest BCUT2D eigenvalue weighted by atomic mass is 10.2. The summed E-state index contributed by atoms with van der Waals surface area (Å²) in [6.45, 7) is 6.25. The molecule has 0 aliphatic carbocycles. The molecule has 1 N–H and O–H groups in total. The van der Waals surface area contributed by atoms with Gasteiger partial charge in [0.1, 0.15) is 5.82 Å². The van der Waals surface area contributed by atoms with Gasteiger partial charge in [-0.1, -0.05) is 12.1 Å². The molecule has 110 valence electrons. The third-order valence-electron chi connectivity index (χ3n) is 3.58. The van der Waals surface area contributed by atoms with E-state index in [0.29, 0.717) is 0 Å². The number of rotatable bonds is 4. The van der Waals surface area contributed by atoms with Gasteiger partial charge < -0.3 is 15.0 Å². The molecule has 2 heterocycles. The van der Waals surface area contributed by atoms with Gasteiger partial charge in [0.25, 0.3) is 0 Å². The third kappa shape index (κ3) is 3.70. The summed E-state index contributed by atoms with van der Waals surface area (Å²) >= 11 is 0. The highest BCUT2D eigenvalue weighted by Crippen LogP contribution is 2.17. The topological polar surface area (TPSA) is 50.3 Å². The van der Waals surface area contributed by atoms with Gasteiger partial charge in [0, 0.05) is 25.3 Å². The third-order valence-corrected chi connectivity index (χ3v) is 3.58. The number of ether oxygens (including phenoxy) is 1. The van der Waals surface area contributed by atoms with Gasteiger partial charge in [-0.25, -0.2) is 0 Å². The van der Waals surface area contributed by atoms with Crippen LogP contribution in [0.2, 0.25) is 0 Å². The van der Waals surface area contributed by atoms with Gasteiger partial charge in [-0.05, 0) is 36.8 Å². The number of hydrogen-bond acceptors (Lipinski definition) is 5. The van der Waals surface area contributed by atoms with Gasteiger partial charge in [-0.2, -0.15) is 5.10 Å². The first-order chi connectivity index (χ1) is 10.3. The Labute approximate surface area is 125 Å². The molecule has 0 spiro atoms. The van der Waals surface area contributed by atoms with Crippen LogP contribution in [0.25, 0.3) is 0 Å². The van der Waals surface area contributed by atoms with E-state index in [4.69, 9.17) is 4.74 Å². The molecule has 0 saturated carbocycles. The summed E-state index contributed by atoms with van der Waals surface area (Å²) in [5, 5.41) is 11.4. The van der Waals surface area contributed by atoms with Crippen LogP contribution in [0.3, 0.4) is 0 Å². The normalized spacial score (nSPS) is 15.0. The molecule has 1 fully saturated rings. The minimum atomic E-state index is 0.751. The highest BCUT2D eigenvalue weighted by Gasteiger charge is 2.10. The summed E-state index contributed by atoms with van der Waals surface area (Å²) in [7, 11) is 0. The average molecular weight is 284 g/mol. The molecule has 0 radical (unpaired) electrons. The monoisotopic (exact) mass is 284 g/mol. The molecule has 2 aromatic rings. The molecular weight excluding hydrogens is 264 g/mol. The Morgan fingerprint density at radius 3 is 2.48 bits per heavy atom. The zero-order chi connectivity index (χ0) is 14.5. The minimum absolute atomic E-state index is 0.751. The van der Waals surface area contributed by atoms with Crippen LogP contribution in [0.4, 0.5) is 11.5 Å². The number of aromatic nitrogens is 2. The molecule has 5 nitrogen and oxygen atoms in total. The van der Waals surface area contributed by atoms with Crippen molar-refractivity contribution >= 4 is 11.5 Å². The summed E-state index contributed by atoms with van der Waals surface area (Å²) in [5.74, 6) is 0.804. The SMILES string of the molecule is Cc1ccc(NCc2ccc(N3CCOCC3)cc2)nn1. The summed E-state index contributed by atoms with van der Waals surface area (Å²) in [6.07, 6.45) is 0. The number of hydrogen-bond donors (Lipinski definition) is 1. The van der Waals surface area contributed by atoms with Crippen molar-refractivity contribution in [2.45, 2.75) is 13.5 Å². The molecule has 3 rings (SSSR count). The van der Waals surface area contributed by atoms with Gasteiger partial charge in [-0.3, -0.25) is 0 Å². The quantitative estimate of drug-likeness (QED) is 0.933. The molecule has 0 amide bonds. The summed E-state index contributed by atoms with van der Waals surface area (Å²) in [4.78, 5) is 2.35. The van der Waals surface area contributed by atoms with Crippen molar-refractivity contribution < 1.29 is 4.74 Å². The van der Waals surface area contributed by atoms with Crippen molar-refractivity contribution in [3.63, 3.8) is 0 Å². The number of aryl methyl sites for hydroxylation is 1. The zero-order valence-electron chi connectivity index (χ0n) is 12.2. The average Bonchev–Trinajstić information content (AvgIpc) is 2.56. The summed E-state index contributed by atoms with van der Waals surface area (Å²) in [6, 6.07) is 12.5. The van der Waals surface area contributed by atoms with Crippen molar-refractivity contribution in [3.8, 4) is 0 Å². The molecule has 1 aromatic carbocycles. The number of anilines is 2. The molecule has 21 heavy (non-hydrogen) atoms. The van der Waals surface area contributed by atoms with E-state index in [1.807, 2.05) is 19.1 Å². The fourth-order valence-electron chi connectivity index (χ4n) is 2.33. The van der Waals surface area contributed by atoms with Crippen molar-refractivity contribution in [2.75, 3.05) is 36.5 Å². The second kappa shape index (κ2) is 6.54. The first-order valence-electron chi connectivity index (χ1n) is 7.27. The van der Waals surface area contributed by atoms with E-state index < -0.39 is 0 Å². The van der Waals surface area contributed by atoms with E-state index in [0.717, 1.165) is 44.4 Å². The molecule has 0 atom stereocenters.